The van der Waals surface area contributed by atoms with Crippen LogP contribution in [0.15, 0.2) is 23.0 Å². The summed E-state index contributed by atoms with van der Waals surface area (Å²) in [6.45, 7) is 5.00. The second-order valence-electron chi connectivity index (χ2n) is 5.04. The number of hydrogen-bond donors (Lipinski definition) is 1. The fourth-order valence-corrected chi connectivity index (χ4v) is 2.70. The predicted octanol–water partition coefficient (Wildman–Crippen LogP) is 0.931. The van der Waals surface area contributed by atoms with E-state index in [0.717, 1.165) is 19.5 Å². The van der Waals surface area contributed by atoms with Gasteiger partial charge in [0.05, 0.1) is 0 Å². The first-order chi connectivity index (χ1) is 9.11. The molecule has 1 amide bonds. The van der Waals surface area contributed by atoms with Gasteiger partial charge < -0.3 is 9.88 Å². The van der Waals surface area contributed by atoms with E-state index in [1.54, 1.807) is 24.1 Å². The zero-order valence-corrected chi connectivity index (χ0v) is 11.6. The zero-order chi connectivity index (χ0) is 13.8. The smallest absolute Gasteiger partial charge is 0.270 e. The highest BCUT2D eigenvalue weighted by molar-refractivity contribution is 5.92. The molecule has 1 atom stereocenters. The molecule has 2 rings (SSSR count). The topological polar surface area (TPSA) is 56.4 Å². The van der Waals surface area contributed by atoms with Crippen LogP contribution in [0.2, 0.25) is 0 Å². The number of aromatic nitrogens is 1. The van der Waals surface area contributed by atoms with E-state index in [-0.39, 0.29) is 11.5 Å². The molecule has 1 aliphatic heterocycles. The number of hydrogen-bond acceptors (Lipinski definition) is 3. The van der Waals surface area contributed by atoms with Gasteiger partial charge in [-0.2, -0.15) is 0 Å². The number of amides is 1. The first kappa shape index (κ1) is 13.8. The maximum Gasteiger partial charge on any atom is 0.270 e. The van der Waals surface area contributed by atoms with Crippen molar-refractivity contribution in [2.75, 3.05) is 26.7 Å². The summed E-state index contributed by atoms with van der Waals surface area (Å²) in [4.78, 5) is 30.1. The van der Waals surface area contributed by atoms with Gasteiger partial charge in [-0.3, -0.25) is 14.5 Å². The summed E-state index contributed by atoms with van der Waals surface area (Å²) in [6, 6.07) is 5.10. The fraction of sp³-hybridized carbons (Fsp3) is 0.571. The SMILES string of the molecule is CCN1CCCC1CN(C)C(=O)c1cccc(=O)[nH]1. The van der Waals surface area contributed by atoms with Gasteiger partial charge in [0.15, 0.2) is 0 Å². The lowest BCUT2D eigenvalue weighted by Crippen LogP contribution is -2.41. The molecule has 1 saturated heterocycles. The average Bonchev–Trinajstić information content (AvgIpc) is 2.85. The van der Waals surface area contributed by atoms with Gasteiger partial charge >= 0.3 is 0 Å². The maximum atomic E-state index is 12.2. The highest BCUT2D eigenvalue weighted by atomic mass is 16.2. The molecule has 0 aromatic carbocycles. The van der Waals surface area contributed by atoms with E-state index in [2.05, 4.69) is 16.8 Å². The van der Waals surface area contributed by atoms with Crippen LogP contribution in [-0.4, -0.2) is 53.4 Å². The lowest BCUT2D eigenvalue weighted by molar-refractivity contribution is 0.0748. The summed E-state index contributed by atoms with van der Waals surface area (Å²) in [5.41, 5.74) is 0.117. The molecular weight excluding hydrogens is 242 g/mol. The molecule has 1 unspecified atom stereocenters. The molecule has 1 N–H and O–H groups in total. The van der Waals surface area contributed by atoms with E-state index >= 15 is 0 Å². The summed E-state index contributed by atoms with van der Waals surface area (Å²) in [6.07, 6.45) is 2.33. The molecule has 104 valence electrons. The Kier molecular flexibility index (Phi) is 4.37. The number of aromatic amines is 1. The number of rotatable bonds is 4. The summed E-state index contributed by atoms with van der Waals surface area (Å²) >= 11 is 0. The first-order valence-electron chi connectivity index (χ1n) is 6.80. The number of nitrogens with zero attached hydrogens (tertiary/aromatic N) is 2. The molecule has 0 radical (unpaired) electrons. The second kappa shape index (κ2) is 6.02. The van der Waals surface area contributed by atoms with Gasteiger partial charge in [0.1, 0.15) is 5.69 Å². The van der Waals surface area contributed by atoms with Crippen molar-refractivity contribution in [1.82, 2.24) is 14.8 Å². The molecule has 0 aliphatic carbocycles. The van der Waals surface area contributed by atoms with Crippen molar-refractivity contribution in [3.8, 4) is 0 Å². The molecule has 1 fully saturated rings. The van der Waals surface area contributed by atoms with Crippen LogP contribution in [0.25, 0.3) is 0 Å². The Balaban J connectivity index is 2.01. The van der Waals surface area contributed by atoms with E-state index in [4.69, 9.17) is 0 Å². The van der Waals surface area contributed by atoms with Crippen molar-refractivity contribution in [3.63, 3.8) is 0 Å². The minimum absolute atomic E-state index is 0.124. The maximum absolute atomic E-state index is 12.2. The summed E-state index contributed by atoms with van der Waals surface area (Å²) < 4.78 is 0. The standard InChI is InChI=1S/C14H21N3O2/c1-3-17-9-5-6-11(17)10-16(2)14(19)12-7-4-8-13(18)15-12/h4,7-8,11H,3,5-6,9-10H2,1-2H3,(H,15,18). The molecule has 5 nitrogen and oxygen atoms in total. The predicted molar refractivity (Wildman–Crippen MR) is 74.3 cm³/mol. The van der Waals surface area contributed by atoms with Crippen molar-refractivity contribution in [3.05, 3.63) is 34.2 Å². The molecule has 0 saturated carbocycles. The molecule has 2 heterocycles. The van der Waals surface area contributed by atoms with Crippen LogP contribution in [0, 0.1) is 0 Å². The minimum Gasteiger partial charge on any atom is -0.339 e. The van der Waals surface area contributed by atoms with Gasteiger partial charge in [0.2, 0.25) is 5.56 Å². The summed E-state index contributed by atoms with van der Waals surface area (Å²) in [5, 5.41) is 0. The van der Waals surface area contributed by atoms with Crippen LogP contribution in [0.3, 0.4) is 0 Å². The monoisotopic (exact) mass is 263 g/mol. The third kappa shape index (κ3) is 3.23. The van der Waals surface area contributed by atoms with Gasteiger partial charge in [0, 0.05) is 25.7 Å². The van der Waals surface area contributed by atoms with Crippen molar-refractivity contribution in [1.29, 1.82) is 0 Å². The highest BCUT2D eigenvalue weighted by Crippen LogP contribution is 2.17. The van der Waals surface area contributed by atoms with Crippen LogP contribution >= 0.6 is 0 Å². The van der Waals surface area contributed by atoms with E-state index in [1.807, 2.05) is 0 Å². The van der Waals surface area contributed by atoms with Crippen LogP contribution in [-0.2, 0) is 0 Å². The summed E-state index contributed by atoms with van der Waals surface area (Å²) in [5.74, 6) is -0.124. The van der Waals surface area contributed by atoms with Gasteiger partial charge in [-0.15, -0.1) is 0 Å². The van der Waals surface area contributed by atoms with Gasteiger partial charge in [-0.25, -0.2) is 0 Å². The van der Waals surface area contributed by atoms with Crippen molar-refractivity contribution in [2.45, 2.75) is 25.8 Å². The molecule has 19 heavy (non-hydrogen) atoms. The highest BCUT2D eigenvalue weighted by Gasteiger charge is 2.25. The lowest BCUT2D eigenvalue weighted by atomic mass is 10.2. The van der Waals surface area contributed by atoms with Gasteiger partial charge in [-0.05, 0) is 32.0 Å². The molecule has 1 aromatic heterocycles. The number of carbonyl (C=O) groups is 1. The third-order valence-electron chi connectivity index (χ3n) is 3.74. The Bertz CT molecular complexity index is 497. The molecule has 0 spiro atoms. The van der Waals surface area contributed by atoms with Crippen molar-refractivity contribution >= 4 is 5.91 Å². The van der Waals surface area contributed by atoms with Gasteiger partial charge in [0.25, 0.3) is 5.91 Å². The second-order valence-corrected chi connectivity index (χ2v) is 5.04. The van der Waals surface area contributed by atoms with E-state index in [1.165, 1.54) is 12.5 Å². The van der Waals surface area contributed by atoms with Crippen LogP contribution < -0.4 is 5.56 Å². The largest absolute Gasteiger partial charge is 0.339 e. The van der Waals surface area contributed by atoms with Crippen LogP contribution in [0.4, 0.5) is 0 Å². The number of carbonyl (C=O) groups excluding carboxylic acids is 1. The Morgan fingerprint density at radius 1 is 1.53 bits per heavy atom. The third-order valence-corrected chi connectivity index (χ3v) is 3.74. The number of likely N-dealkylation sites (N-methyl/N-ethyl adjacent to an activating group) is 2. The average molecular weight is 263 g/mol. The minimum atomic E-state index is -0.240. The Morgan fingerprint density at radius 2 is 2.32 bits per heavy atom. The number of likely N-dealkylation sites (tertiary alicyclic amines) is 1. The van der Waals surface area contributed by atoms with Crippen LogP contribution in [0.1, 0.15) is 30.3 Å². The molecule has 5 heteroatoms. The lowest BCUT2D eigenvalue weighted by Gasteiger charge is -2.27. The Labute approximate surface area is 113 Å². The molecular formula is C14H21N3O2. The van der Waals surface area contributed by atoms with Crippen molar-refractivity contribution < 1.29 is 4.79 Å². The van der Waals surface area contributed by atoms with E-state index in [0.29, 0.717) is 18.3 Å². The summed E-state index contributed by atoms with van der Waals surface area (Å²) in [7, 11) is 1.79. The normalized spacial score (nSPS) is 19.6. The molecule has 1 aromatic rings. The van der Waals surface area contributed by atoms with Crippen LogP contribution in [0.5, 0.6) is 0 Å². The van der Waals surface area contributed by atoms with Gasteiger partial charge in [-0.1, -0.05) is 13.0 Å². The quantitative estimate of drug-likeness (QED) is 0.879. The van der Waals surface area contributed by atoms with Crippen molar-refractivity contribution in [2.24, 2.45) is 0 Å². The number of pyridine rings is 1. The molecule has 1 aliphatic rings. The number of H-pyrrole nitrogens is 1. The van der Waals surface area contributed by atoms with E-state index < -0.39 is 0 Å². The first-order valence-corrected chi connectivity index (χ1v) is 6.80. The molecule has 0 bridgehead atoms. The Hall–Kier alpha value is -1.62. The fourth-order valence-electron chi connectivity index (χ4n) is 2.70. The zero-order valence-electron chi connectivity index (χ0n) is 11.6. The number of nitrogens with one attached hydrogen (secondary N) is 1. The Morgan fingerprint density at radius 3 is 3.00 bits per heavy atom. The van der Waals surface area contributed by atoms with E-state index in [9.17, 15) is 9.59 Å².